The summed E-state index contributed by atoms with van der Waals surface area (Å²) in [6.45, 7) is 1.75. The molecule has 0 spiro atoms. The largest absolute Gasteiger partial charge is 0.511 e. The summed E-state index contributed by atoms with van der Waals surface area (Å²) in [6.07, 6.45) is -3.64. The molecule has 0 aliphatic heterocycles. The molecule has 154 valence electrons. The summed E-state index contributed by atoms with van der Waals surface area (Å²) in [5.41, 5.74) is -1.99. The van der Waals surface area contributed by atoms with Crippen LogP contribution in [-0.2, 0) is 27.1 Å². The van der Waals surface area contributed by atoms with E-state index in [1.807, 2.05) is 6.92 Å². The maximum atomic E-state index is 13.0. The minimum absolute atomic E-state index is 0.0901. The normalized spacial score (nSPS) is 17.9. The molecule has 1 heterocycles. The van der Waals surface area contributed by atoms with Crippen LogP contribution >= 0.6 is 0 Å². The fourth-order valence-corrected chi connectivity index (χ4v) is 2.98. The van der Waals surface area contributed by atoms with Gasteiger partial charge in [0.15, 0.2) is 5.78 Å². The number of pyridine rings is 1. The molecule has 2 rings (SSSR count). The number of rotatable bonds is 8. The first-order valence-electron chi connectivity index (χ1n) is 8.85. The smallest absolute Gasteiger partial charge is 0.433 e. The van der Waals surface area contributed by atoms with Gasteiger partial charge in [-0.1, -0.05) is 6.92 Å². The topological polar surface area (TPSA) is 85.7 Å². The summed E-state index contributed by atoms with van der Waals surface area (Å²) in [4.78, 5) is 28.7. The van der Waals surface area contributed by atoms with Gasteiger partial charge < -0.3 is 14.6 Å². The van der Waals surface area contributed by atoms with Gasteiger partial charge in [0.05, 0.1) is 25.5 Å². The molecule has 0 saturated carbocycles. The van der Waals surface area contributed by atoms with E-state index in [-0.39, 0.29) is 54.7 Å². The van der Waals surface area contributed by atoms with Gasteiger partial charge in [-0.25, -0.2) is 4.98 Å². The highest BCUT2D eigenvalue weighted by Crippen LogP contribution is 2.32. The molecule has 6 nitrogen and oxygen atoms in total. The van der Waals surface area contributed by atoms with E-state index >= 15 is 0 Å². The van der Waals surface area contributed by atoms with Crippen LogP contribution < -0.4 is 0 Å². The molecule has 9 heteroatoms. The number of aliphatic hydroxyl groups excluding tert-OH is 1. The van der Waals surface area contributed by atoms with Crippen LogP contribution in [0.3, 0.4) is 0 Å². The Morgan fingerprint density at radius 2 is 2.04 bits per heavy atom. The second-order valence-corrected chi connectivity index (χ2v) is 6.39. The van der Waals surface area contributed by atoms with Crippen molar-refractivity contribution in [1.29, 1.82) is 0 Å². The number of aliphatic hydroxyl groups is 1. The second kappa shape index (κ2) is 9.29. The average Bonchev–Trinajstić information content (AvgIpc) is 2.64. The van der Waals surface area contributed by atoms with Crippen molar-refractivity contribution in [2.75, 3.05) is 20.3 Å². The lowest BCUT2D eigenvalue weighted by Gasteiger charge is -2.22. The maximum Gasteiger partial charge on any atom is 0.433 e. The molecule has 0 bridgehead atoms. The molecule has 28 heavy (non-hydrogen) atoms. The van der Waals surface area contributed by atoms with E-state index < -0.39 is 23.4 Å². The Morgan fingerprint density at radius 1 is 1.32 bits per heavy atom. The number of nitrogens with zero attached hydrogens (tertiary/aromatic N) is 1. The van der Waals surface area contributed by atoms with Crippen LogP contribution in [0.1, 0.15) is 47.9 Å². The molecule has 1 aliphatic carbocycles. The third-order valence-electron chi connectivity index (χ3n) is 4.54. The van der Waals surface area contributed by atoms with Crippen molar-refractivity contribution >= 4 is 11.6 Å². The number of carbonyl (C=O) groups is 2. The quantitative estimate of drug-likeness (QED) is 0.407. The molecule has 1 atom stereocenters. The predicted molar refractivity (Wildman–Crippen MR) is 92.8 cm³/mol. The van der Waals surface area contributed by atoms with Crippen molar-refractivity contribution in [2.45, 2.75) is 39.0 Å². The summed E-state index contributed by atoms with van der Waals surface area (Å²) >= 11 is 0. The molecule has 1 unspecified atom stereocenters. The standard InChI is InChI=1S/C19H22F3NO5/c1-3-11-4-6-14(24)16(17(11)25)18(26)12-5-7-15(19(20,21)22)23-13(12)10-28-9-8-27-2/h5,7,11,25H,3-4,6,8-10H2,1-2H3. The van der Waals surface area contributed by atoms with E-state index in [4.69, 9.17) is 9.47 Å². The third-order valence-corrected chi connectivity index (χ3v) is 4.54. The Morgan fingerprint density at radius 3 is 2.64 bits per heavy atom. The van der Waals surface area contributed by atoms with Crippen molar-refractivity contribution in [2.24, 2.45) is 5.92 Å². The van der Waals surface area contributed by atoms with E-state index in [1.54, 1.807) is 0 Å². The Bertz CT molecular complexity index is 773. The minimum atomic E-state index is -4.70. The zero-order valence-electron chi connectivity index (χ0n) is 15.6. The van der Waals surface area contributed by atoms with Gasteiger partial charge >= 0.3 is 6.18 Å². The summed E-state index contributed by atoms with van der Waals surface area (Å²) in [7, 11) is 1.44. The number of carbonyl (C=O) groups excluding carboxylic acids is 2. The van der Waals surface area contributed by atoms with E-state index in [1.165, 1.54) is 7.11 Å². The zero-order valence-corrected chi connectivity index (χ0v) is 15.6. The molecular formula is C19H22F3NO5. The second-order valence-electron chi connectivity index (χ2n) is 6.39. The average molecular weight is 401 g/mol. The highest BCUT2D eigenvalue weighted by Gasteiger charge is 2.36. The monoisotopic (exact) mass is 401 g/mol. The molecule has 0 radical (unpaired) electrons. The lowest BCUT2D eigenvalue weighted by Crippen LogP contribution is -2.26. The Balaban J connectivity index is 2.44. The fraction of sp³-hybridized carbons (Fsp3) is 0.526. The highest BCUT2D eigenvalue weighted by atomic mass is 19.4. The van der Waals surface area contributed by atoms with Gasteiger partial charge in [0, 0.05) is 25.0 Å². The molecule has 1 N–H and O–H groups in total. The van der Waals surface area contributed by atoms with E-state index in [9.17, 15) is 27.9 Å². The van der Waals surface area contributed by atoms with Gasteiger partial charge in [-0.15, -0.1) is 0 Å². The molecule has 0 aromatic carbocycles. The fourth-order valence-electron chi connectivity index (χ4n) is 2.98. The number of ether oxygens (including phenoxy) is 2. The van der Waals surface area contributed by atoms with Gasteiger partial charge in [0.2, 0.25) is 5.78 Å². The molecule has 0 saturated heterocycles. The van der Waals surface area contributed by atoms with Gasteiger partial charge in [0.25, 0.3) is 0 Å². The van der Waals surface area contributed by atoms with Crippen molar-refractivity contribution in [3.8, 4) is 0 Å². The number of alkyl halides is 3. The number of aromatic nitrogens is 1. The van der Waals surface area contributed by atoms with Crippen LogP contribution in [-0.4, -0.2) is 42.0 Å². The molecule has 1 aromatic rings. The third kappa shape index (κ3) is 4.96. The number of methoxy groups -OCH3 is 1. The van der Waals surface area contributed by atoms with Crippen LogP contribution in [0, 0.1) is 5.92 Å². The van der Waals surface area contributed by atoms with Crippen molar-refractivity contribution in [1.82, 2.24) is 4.98 Å². The predicted octanol–water partition coefficient (Wildman–Crippen LogP) is 3.65. The van der Waals surface area contributed by atoms with Gasteiger partial charge in [-0.2, -0.15) is 13.2 Å². The first-order valence-corrected chi connectivity index (χ1v) is 8.85. The maximum absolute atomic E-state index is 13.0. The Hall–Kier alpha value is -2.26. The minimum Gasteiger partial charge on any atom is -0.511 e. The molecule has 0 fully saturated rings. The number of allylic oxidation sites excluding steroid dienone is 2. The summed E-state index contributed by atoms with van der Waals surface area (Å²) in [5.74, 6) is -2.01. The Labute approximate surface area is 160 Å². The van der Waals surface area contributed by atoms with E-state index in [2.05, 4.69) is 4.98 Å². The number of Topliss-reactive ketones (excluding diaryl/α,β-unsaturated/α-hetero) is 2. The summed E-state index contributed by atoms with van der Waals surface area (Å²) < 4.78 is 49.1. The van der Waals surface area contributed by atoms with Crippen LogP contribution in [0.4, 0.5) is 13.2 Å². The van der Waals surface area contributed by atoms with Crippen molar-refractivity contribution in [3.63, 3.8) is 0 Å². The van der Waals surface area contributed by atoms with Crippen LogP contribution in [0.15, 0.2) is 23.5 Å². The van der Waals surface area contributed by atoms with Crippen molar-refractivity contribution < 1.29 is 37.3 Å². The highest BCUT2D eigenvalue weighted by molar-refractivity contribution is 6.27. The lowest BCUT2D eigenvalue weighted by molar-refractivity contribution is -0.141. The van der Waals surface area contributed by atoms with Crippen LogP contribution in [0.25, 0.3) is 0 Å². The number of ketones is 2. The number of halogens is 3. The first-order chi connectivity index (χ1) is 13.2. The van der Waals surface area contributed by atoms with Gasteiger partial charge in [-0.3, -0.25) is 9.59 Å². The lowest BCUT2D eigenvalue weighted by atomic mass is 9.83. The van der Waals surface area contributed by atoms with Gasteiger partial charge in [0.1, 0.15) is 17.0 Å². The van der Waals surface area contributed by atoms with Crippen LogP contribution in [0.5, 0.6) is 0 Å². The summed E-state index contributed by atoms with van der Waals surface area (Å²) in [5, 5.41) is 10.3. The summed E-state index contributed by atoms with van der Waals surface area (Å²) in [6, 6.07) is 1.64. The Kier molecular flexibility index (Phi) is 7.31. The molecule has 0 amide bonds. The number of hydrogen-bond acceptors (Lipinski definition) is 6. The van der Waals surface area contributed by atoms with Crippen molar-refractivity contribution in [3.05, 3.63) is 40.4 Å². The zero-order chi connectivity index (χ0) is 20.9. The van der Waals surface area contributed by atoms with Gasteiger partial charge in [-0.05, 0) is 25.0 Å². The number of hydrogen-bond donors (Lipinski definition) is 1. The SMILES string of the molecule is CCC1CCC(=O)C(C(=O)c2ccc(C(F)(F)F)nc2COCCOC)=C1O. The van der Waals surface area contributed by atoms with E-state index in [0.717, 1.165) is 6.07 Å². The molecular weight excluding hydrogens is 379 g/mol. The van der Waals surface area contributed by atoms with E-state index in [0.29, 0.717) is 18.9 Å². The van der Waals surface area contributed by atoms with Crippen LogP contribution in [0.2, 0.25) is 0 Å². The molecule has 1 aliphatic rings. The molecule has 1 aromatic heterocycles. The first kappa shape index (κ1) is 22.0.